The van der Waals surface area contributed by atoms with Crippen LogP contribution in [-0.4, -0.2) is 28.2 Å². The number of aromatic nitrogens is 2. The summed E-state index contributed by atoms with van der Waals surface area (Å²) in [6, 6.07) is 5.49. The summed E-state index contributed by atoms with van der Waals surface area (Å²) in [6.45, 7) is 10.1. The number of halogens is 2. The van der Waals surface area contributed by atoms with Gasteiger partial charge in [0.25, 0.3) is 0 Å². The summed E-state index contributed by atoms with van der Waals surface area (Å²) in [4.78, 5) is 12.0. The molecule has 1 aliphatic rings. The van der Waals surface area contributed by atoms with Gasteiger partial charge in [0.1, 0.15) is 5.69 Å². The highest BCUT2D eigenvalue weighted by molar-refractivity contribution is 6.43. The second-order valence-electron chi connectivity index (χ2n) is 8.23. The second-order valence-corrected chi connectivity index (χ2v) is 9.02. The average Bonchev–Trinajstić information content (AvgIpc) is 2.71. The first kappa shape index (κ1) is 22.3. The van der Waals surface area contributed by atoms with Crippen LogP contribution in [0.1, 0.15) is 70.4 Å². The highest BCUT2D eigenvalue weighted by atomic mass is 35.5. The quantitative estimate of drug-likeness (QED) is 0.554. The summed E-state index contributed by atoms with van der Waals surface area (Å²) < 4.78 is 0. The molecule has 158 valence electrons. The van der Waals surface area contributed by atoms with Crippen molar-refractivity contribution in [2.75, 3.05) is 18.0 Å². The fourth-order valence-electron chi connectivity index (χ4n) is 4.48. The van der Waals surface area contributed by atoms with Crippen LogP contribution in [0.25, 0.3) is 11.3 Å². The van der Waals surface area contributed by atoms with Crippen LogP contribution in [0.4, 0.5) is 5.82 Å². The highest BCUT2D eigenvalue weighted by Crippen LogP contribution is 2.41. The van der Waals surface area contributed by atoms with Gasteiger partial charge in [-0.15, -0.1) is 0 Å². The van der Waals surface area contributed by atoms with Crippen LogP contribution in [0, 0.1) is 12.3 Å². The molecule has 4 nitrogen and oxygen atoms in total. The van der Waals surface area contributed by atoms with Gasteiger partial charge in [-0.25, -0.2) is 9.97 Å². The molecule has 1 aromatic heterocycles. The minimum atomic E-state index is -0.719. The van der Waals surface area contributed by atoms with Crippen LogP contribution >= 0.6 is 23.2 Å². The molecule has 29 heavy (non-hydrogen) atoms. The average molecular weight is 436 g/mol. The number of nitrogens with zero attached hydrogens (tertiary/aromatic N) is 3. The van der Waals surface area contributed by atoms with Crippen molar-refractivity contribution in [3.63, 3.8) is 0 Å². The Kier molecular flexibility index (Phi) is 7.08. The SMILES string of the molecule is CCCC1(CC)CCN(c2nc(C)c(-c3cccc(Cl)c3Cl)nc2C(C)O)CC1. The lowest BCUT2D eigenvalue weighted by atomic mass is 9.73. The Hall–Kier alpha value is -1.36. The van der Waals surface area contributed by atoms with Crippen molar-refractivity contribution in [3.05, 3.63) is 39.6 Å². The minimum absolute atomic E-state index is 0.437. The Morgan fingerprint density at radius 3 is 2.45 bits per heavy atom. The van der Waals surface area contributed by atoms with E-state index >= 15 is 0 Å². The fraction of sp³-hybridized carbons (Fsp3) is 0.565. The zero-order chi connectivity index (χ0) is 21.2. The number of hydrogen-bond donors (Lipinski definition) is 1. The largest absolute Gasteiger partial charge is 0.387 e. The third kappa shape index (κ3) is 4.55. The van der Waals surface area contributed by atoms with Gasteiger partial charge in [-0.2, -0.15) is 0 Å². The molecule has 2 aromatic rings. The van der Waals surface area contributed by atoms with Crippen LogP contribution in [0.15, 0.2) is 18.2 Å². The number of piperidine rings is 1. The number of aryl methyl sites for hydroxylation is 1. The highest BCUT2D eigenvalue weighted by Gasteiger charge is 2.34. The van der Waals surface area contributed by atoms with Crippen LogP contribution < -0.4 is 4.90 Å². The first-order chi connectivity index (χ1) is 13.8. The maximum Gasteiger partial charge on any atom is 0.153 e. The summed E-state index contributed by atoms with van der Waals surface area (Å²) in [5.74, 6) is 0.792. The molecule has 0 saturated carbocycles. The van der Waals surface area contributed by atoms with Crippen LogP contribution in [0.2, 0.25) is 10.0 Å². The van der Waals surface area contributed by atoms with E-state index in [-0.39, 0.29) is 0 Å². The van der Waals surface area contributed by atoms with Crippen molar-refractivity contribution in [1.82, 2.24) is 9.97 Å². The van der Waals surface area contributed by atoms with Crippen molar-refractivity contribution in [2.45, 2.75) is 65.9 Å². The van der Waals surface area contributed by atoms with E-state index in [1.54, 1.807) is 13.0 Å². The molecule has 1 fully saturated rings. The number of benzene rings is 1. The van der Waals surface area contributed by atoms with E-state index in [9.17, 15) is 5.11 Å². The molecule has 0 spiro atoms. The van der Waals surface area contributed by atoms with E-state index in [4.69, 9.17) is 33.2 Å². The van der Waals surface area contributed by atoms with Crippen molar-refractivity contribution >= 4 is 29.0 Å². The van der Waals surface area contributed by atoms with Gasteiger partial charge in [0.05, 0.1) is 27.5 Å². The predicted octanol–water partition coefficient (Wildman–Crippen LogP) is 6.61. The zero-order valence-corrected chi connectivity index (χ0v) is 19.3. The summed E-state index contributed by atoms with van der Waals surface area (Å²) >= 11 is 12.6. The molecule has 3 rings (SSSR count). The van der Waals surface area contributed by atoms with Crippen molar-refractivity contribution < 1.29 is 5.11 Å². The van der Waals surface area contributed by atoms with E-state index in [1.165, 1.54) is 19.3 Å². The topological polar surface area (TPSA) is 49.2 Å². The summed E-state index contributed by atoms with van der Waals surface area (Å²) in [6.07, 6.45) is 5.30. The molecule has 1 aliphatic heterocycles. The van der Waals surface area contributed by atoms with Gasteiger partial charge in [0.15, 0.2) is 5.82 Å². The van der Waals surface area contributed by atoms with Gasteiger partial charge in [-0.3, -0.25) is 0 Å². The van der Waals surface area contributed by atoms with E-state index in [2.05, 4.69) is 18.7 Å². The molecule has 6 heteroatoms. The van der Waals surface area contributed by atoms with Crippen molar-refractivity contribution in [3.8, 4) is 11.3 Å². The number of anilines is 1. The predicted molar refractivity (Wildman–Crippen MR) is 122 cm³/mol. The van der Waals surface area contributed by atoms with Gasteiger partial charge in [0, 0.05) is 18.7 Å². The maximum atomic E-state index is 10.5. The van der Waals surface area contributed by atoms with E-state index < -0.39 is 6.10 Å². The molecule has 1 N–H and O–H groups in total. The molecule has 1 aromatic carbocycles. The smallest absolute Gasteiger partial charge is 0.153 e. The Bertz CT molecular complexity index is 861. The van der Waals surface area contributed by atoms with Gasteiger partial charge in [-0.1, -0.05) is 62.0 Å². The van der Waals surface area contributed by atoms with Crippen molar-refractivity contribution in [1.29, 1.82) is 0 Å². The number of hydrogen-bond acceptors (Lipinski definition) is 4. The Morgan fingerprint density at radius 1 is 1.17 bits per heavy atom. The van der Waals surface area contributed by atoms with Gasteiger partial charge >= 0.3 is 0 Å². The lowest BCUT2D eigenvalue weighted by Gasteiger charge is -2.42. The van der Waals surface area contributed by atoms with E-state index in [1.807, 2.05) is 19.1 Å². The molecule has 1 unspecified atom stereocenters. The molecular formula is C23H31Cl2N3O. The first-order valence-corrected chi connectivity index (χ1v) is 11.3. The number of aliphatic hydroxyl groups is 1. The monoisotopic (exact) mass is 435 g/mol. The molecule has 2 heterocycles. The third-order valence-electron chi connectivity index (χ3n) is 6.33. The zero-order valence-electron chi connectivity index (χ0n) is 17.8. The molecule has 0 radical (unpaired) electrons. The summed E-state index contributed by atoms with van der Waals surface area (Å²) in [5.41, 5.74) is 3.23. The van der Waals surface area contributed by atoms with Crippen LogP contribution in [0.5, 0.6) is 0 Å². The summed E-state index contributed by atoms with van der Waals surface area (Å²) in [7, 11) is 0. The Morgan fingerprint density at radius 2 is 1.86 bits per heavy atom. The lowest BCUT2D eigenvalue weighted by molar-refractivity contribution is 0.183. The maximum absolute atomic E-state index is 10.5. The minimum Gasteiger partial charge on any atom is -0.387 e. The van der Waals surface area contributed by atoms with Gasteiger partial charge in [-0.05, 0) is 44.6 Å². The number of rotatable bonds is 6. The second kappa shape index (κ2) is 9.20. The fourth-order valence-corrected chi connectivity index (χ4v) is 4.87. The lowest BCUT2D eigenvalue weighted by Crippen LogP contribution is -2.41. The van der Waals surface area contributed by atoms with Crippen LogP contribution in [0.3, 0.4) is 0 Å². The molecule has 1 atom stereocenters. The molecule has 0 aliphatic carbocycles. The van der Waals surface area contributed by atoms with Gasteiger partial charge in [0.2, 0.25) is 0 Å². The molecular weight excluding hydrogens is 405 g/mol. The van der Waals surface area contributed by atoms with E-state index in [0.29, 0.717) is 26.8 Å². The molecule has 1 saturated heterocycles. The first-order valence-electron chi connectivity index (χ1n) is 10.6. The third-order valence-corrected chi connectivity index (χ3v) is 7.15. The Balaban J connectivity index is 1.97. The van der Waals surface area contributed by atoms with Gasteiger partial charge < -0.3 is 10.0 Å². The Labute approximate surface area is 184 Å². The van der Waals surface area contributed by atoms with E-state index in [0.717, 1.165) is 43.0 Å². The van der Waals surface area contributed by atoms with Crippen molar-refractivity contribution in [2.24, 2.45) is 5.41 Å². The molecule has 0 amide bonds. The normalized spacial score (nSPS) is 17.4. The standard InChI is InChI=1S/C23H31Cl2N3O/c1-5-10-23(6-2)11-13-28(14-12-23)22-21(16(4)29)27-20(15(3)26-22)17-8-7-9-18(24)19(17)25/h7-9,16,29H,5-6,10-14H2,1-4H3. The molecule has 0 bridgehead atoms. The summed E-state index contributed by atoms with van der Waals surface area (Å²) in [5, 5.41) is 11.4. The number of aliphatic hydroxyl groups excluding tert-OH is 1. The van der Waals surface area contributed by atoms with Crippen LogP contribution in [-0.2, 0) is 0 Å².